The molecule has 0 atom stereocenters. The Morgan fingerprint density at radius 1 is 0.600 bits per heavy atom. The molecule has 0 fully saturated rings. The van der Waals surface area contributed by atoms with Gasteiger partial charge in [0.2, 0.25) is 0 Å². The summed E-state index contributed by atoms with van der Waals surface area (Å²) in [5, 5.41) is 0. The molecule has 0 heterocycles. The molecule has 0 saturated heterocycles. The summed E-state index contributed by atoms with van der Waals surface area (Å²) >= 11 is 0. The van der Waals surface area contributed by atoms with Crippen LogP contribution in [0.15, 0.2) is 0 Å². The van der Waals surface area contributed by atoms with Crippen molar-refractivity contribution in [3.8, 4) is 0 Å². The van der Waals surface area contributed by atoms with Gasteiger partial charge in [-0.2, -0.15) is 0 Å². The average molecular weight is 80.0 g/mol. The molecule has 0 aromatic rings. The predicted octanol–water partition coefficient (Wildman–Crippen LogP) is -8.47. The molecule has 0 aliphatic rings. The molecule has 0 bridgehead atoms. The van der Waals surface area contributed by atoms with Crippen molar-refractivity contribution in [1.29, 1.82) is 0 Å². The van der Waals surface area contributed by atoms with Crippen molar-refractivity contribution >= 4 is 0 Å². The van der Waals surface area contributed by atoms with Gasteiger partial charge < -0.3 is 21.1 Å². The van der Waals surface area contributed by atoms with Crippen LogP contribution in [0.1, 0.15) is 0 Å². The number of hydrogen-bond donors (Lipinski definition) is 0. The van der Waals surface area contributed by atoms with Crippen LogP contribution >= 0.6 is 0 Å². The van der Waals surface area contributed by atoms with Crippen LogP contribution < -0.4 is 23.6 Å². The van der Waals surface area contributed by atoms with Gasteiger partial charge in [0.1, 0.15) is 0 Å². The predicted molar refractivity (Wildman–Crippen MR) is 10.8 cm³/mol. The van der Waals surface area contributed by atoms with Crippen LogP contribution in [-0.4, -0.2) is 16.4 Å². The summed E-state index contributed by atoms with van der Waals surface area (Å²) in [6.45, 7) is 0. The summed E-state index contributed by atoms with van der Waals surface area (Å²) in [6, 6.07) is 0. The van der Waals surface area contributed by atoms with Crippen LogP contribution in [0, 0.1) is 0 Å². The van der Waals surface area contributed by atoms with Crippen molar-refractivity contribution in [2.75, 3.05) is 0 Å². The van der Waals surface area contributed by atoms with Gasteiger partial charge in [0.05, 0.1) is 0 Å². The second kappa shape index (κ2) is 308. The van der Waals surface area contributed by atoms with Gasteiger partial charge in [0.25, 0.3) is 0 Å². The van der Waals surface area contributed by atoms with E-state index in [2.05, 4.69) is 0 Å². The molecule has 0 spiro atoms. The largest absolute Gasteiger partial charge is 1.00 e. The van der Waals surface area contributed by atoms with Crippen molar-refractivity contribution in [3.63, 3.8) is 0 Å². The first-order valence-electron chi connectivity index (χ1n) is 0. The summed E-state index contributed by atoms with van der Waals surface area (Å²) in [4.78, 5) is 0. The summed E-state index contributed by atoms with van der Waals surface area (Å²) in [5.41, 5.74) is 0. The number of hydrogen-bond acceptors (Lipinski definition) is 0. The van der Waals surface area contributed by atoms with Gasteiger partial charge in [-0.15, -0.1) is 0 Å². The van der Waals surface area contributed by atoms with Crippen LogP contribution in [-0.2, 0) is 0 Å². The molecule has 0 aromatic carbocycles. The molecule has 0 aliphatic carbocycles. The fraction of sp³-hybridized carbons (Fsp3) is 0. The molecule has 6 N–H and O–H groups in total. The Morgan fingerprint density at radius 2 is 0.600 bits per heavy atom. The molecule has 0 radical (unpaired) electrons. The maximum absolute atomic E-state index is 0. The molecule has 3 nitrogen and oxygen atoms in total. The Bertz CT molecular complexity index is 6.85. The Hall–Kier alpha value is 0.407. The van der Waals surface area contributed by atoms with Crippen molar-refractivity contribution in [2.45, 2.75) is 0 Å². The van der Waals surface area contributed by atoms with E-state index in [0.717, 1.165) is 0 Å². The monoisotopic (exact) mass is 80.0 g/mol. The van der Waals surface area contributed by atoms with E-state index in [1.165, 1.54) is 0 Å². The molecule has 5 heteroatoms. The Labute approximate surface area is 40.8 Å². The normalized spacial score (nSPS) is 0. The van der Waals surface area contributed by atoms with E-state index >= 15 is 0 Å². The maximum atomic E-state index is 0. The molecule has 5 heavy (non-hydrogen) atoms. The minimum absolute atomic E-state index is 0. The van der Waals surface area contributed by atoms with Crippen molar-refractivity contribution in [1.82, 2.24) is 0 Å². The first-order valence-corrected chi connectivity index (χ1v) is 0. The van der Waals surface area contributed by atoms with Crippen molar-refractivity contribution in [2.24, 2.45) is 0 Å². The molecule has 0 aliphatic heterocycles. The number of rotatable bonds is 0. The Balaban J connectivity index is 0. The van der Waals surface area contributed by atoms with Gasteiger partial charge in [-0.05, 0) is 0 Å². The third-order valence-electron chi connectivity index (χ3n) is 0. The van der Waals surface area contributed by atoms with E-state index in [9.17, 15) is 0 Å². The summed E-state index contributed by atoms with van der Waals surface area (Å²) in [7, 11) is 0. The van der Waals surface area contributed by atoms with Gasteiger partial charge in [0.15, 0.2) is 0 Å². The Kier molecular flexibility index (Phi) is 39000. The zero-order valence-corrected chi connectivity index (χ0v) is 2.88. The molecule has 0 rings (SSSR count). The summed E-state index contributed by atoms with van der Waals surface area (Å²) < 4.78 is 0. The van der Waals surface area contributed by atoms with Gasteiger partial charge in [0, 0.05) is 0 Å². The van der Waals surface area contributed by atoms with E-state index in [4.69, 9.17) is 0 Å². The van der Waals surface area contributed by atoms with E-state index in [0.29, 0.717) is 0 Å². The third kappa shape index (κ3) is 154. The minimum Gasteiger partial charge on any atom is -1.00 e. The smallest absolute Gasteiger partial charge is 1.00 e. The van der Waals surface area contributed by atoms with Crippen LogP contribution in [0.25, 0.3) is 0 Å². The third-order valence-corrected chi connectivity index (χ3v) is 0. The second-order valence-corrected chi connectivity index (χ2v) is 0. The molecular weight excluding hydrogens is 73.9 g/mol. The van der Waals surface area contributed by atoms with Crippen molar-refractivity contribution < 1.29 is 40.0 Å². The molecule has 0 saturated carbocycles. The van der Waals surface area contributed by atoms with Crippen LogP contribution in [0.5, 0.6) is 0 Å². The van der Waals surface area contributed by atoms with Gasteiger partial charge in [-0.25, -0.2) is 0 Å². The van der Waals surface area contributed by atoms with E-state index in [-0.39, 0.29) is 40.0 Å². The summed E-state index contributed by atoms with van der Waals surface area (Å²) in [6.07, 6.45) is 0. The van der Waals surface area contributed by atoms with Crippen molar-refractivity contribution in [3.05, 3.63) is 0 Å². The van der Waals surface area contributed by atoms with Gasteiger partial charge in [-0.1, -0.05) is 0 Å². The quantitative estimate of drug-likeness (QED) is 0.258. The SMILES string of the molecule is O.O.O.[F-].[Li+]. The molecule has 0 amide bonds. The maximum Gasteiger partial charge on any atom is 1.00 e. The molecule has 32 valence electrons. The minimum atomic E-state index is 0. The van der Waals surface area contributed by atoms with Crippen LogP contribution in [0.2, 0.25) is 0 Å². The van der Waals surface area contributed by atoms with E-state index in [1.807, 2.05) is 0 Å². The molecular formula is H6FLiO3. The average Bonchev–Trinajstić information content (AvgIpc) is 0. The van der Waals surface area contributed by atoms with Crippen LogP contribution in [0.4, 0.5) is 0 Å². The number of halogens is 1. The Morgan fingerprint density at radius 3 is 0.600 bits per heavy atom. The standard InChI is InChI=1S/FH.Li.3H2O/h1H;;3*1H2/q;+1;;;/p-1. The molecule has 0 aromatic heterocycles. The van der Waals surface area contributed by atoms with Gasteiger partial charge in [-0.3, -0.25) is 0 Å². The zero-order valence-electron chi connectivity index (χ0n) is 2.88. The molecule has 0 unspecified atom stereocenters. The van der Waals surface area contributed by atoms with E-state index in [1.54, 1.807) is 0 Å². The summed E-state index contributed by atoms with van der Waals surface area (Å²) in [5.74, 6) is 0. The first-order chi connectivity index (χ1) is 0. The second-order valence-electron chi connectivity index (χ2n) is 0. The zero-order chi connectivity index (χ0) is 0. The van der Waals surface area contributed by atoms with Gasteiger partial charge >= 0.3 is 18.9 Å². The van der Waals surface area contributed by atoms with E-state index < -0.39 is 0 Å². The first kappa shape index (κ1) is 633. The fourth-order valence-corrected chi connectivity index (χ4v) is 0. The topological polar surface area (TPSA) is 94.5 Å². The fourth-order valence-electron chi connectivity index (χ4n) is 0. The van der Waals surface area contributed by atoms with Crippen LogP contribution in [0.3, 0.4) is 0 Å².